The molecule has 2 N–H and O–H groups in total. The summed E-state index contributed by atoms with van der Waals surface area (Å²) in [6.07, 6.45) is 7.89. The van der Waals surface area contributed by atoms with E-state index in [-0.39, 0.29) is 37.5 Å². The molecule has 2 aliphatic heterocycles. The molecule has 0 amide bonds. The highest BCUT2D eigenvalue weighted by Gasteiger charge is 2.48. The van der Waals surface area contributed by atoms with Gasteiger partial charge in [0.05, 0.1) is 21.0 Å². The Hall–Kier alpha value is -3.49. The predicted molar refractivity (Wildman–Crippen MR) is 198 cm³/mol. The standard InChI is InChI=1S/C36H48N2O13S3/c1-35(17-21-50-3)28-24-26(53(44,45)46)13-15-30(28)37(19-7-5-6-12-34(39)40)32(35)10-8-11-33-36(2,18-22-51-4)29-25-27(54(47,48)49)14-16-31(29)38(33)20-9-23-52(41,42)43/h8,10-11,13-16,24-25H,5-7,9,12,17-23H2,1-4H3,(H3-,39,40,41,42,43,44,45,46,47,48,49)/p-1. The van der Waals surface area contributed by atoms with Crippen LogP contribution in [0.25, 0.3) is 0 Å². The van der Waals surface area contributed by atoms with Crippen molar-refractivity contribution in [3.8, 4) is 0 Å². The lowest BCUT2D eigenvalue weighted by Gasteiger charge is -2.30. The number of nitrogens with zero attached hydrogens (tertiary/aromatic N) is 2. The molecule has 0 saturated heterocycles. The van der Waals surface area contributed by atoms with Gasteiger partial charge in [0, 0.05) is 81.3 Å². The Morgan fingerprint density at radius 1 is 0.852 bits per heavy atom. The smallest absolute Gasteiger partial charge is 0.303 e. The molecular formula is C36H47N2O13S3-. The lowest BCUT2D eigenvalue weighted by Crippen LogP contribution is -2.33. The summed E-state index contributed by atoms with van der Waals surface area (Å²) >= 11 is 0. The molecule has 0 fully saturated rings. The van der Waals surface area contributed by atoms with Crippen LogP contribution >= 0.6 is 0 Å². The number of carbonyl (C=O) groups is 1. The molecule has 0 aliphatic carbocycles. The molecule has 0 radical (unpaired) electrons. The number of hydrogen-bond acceptors (Lipinski definition) is 12. The summed E-state index contributed by atoms with van der Waals surface area (Å²) in [5.41, 5.74) is 1.95. The quantitative estimate of drug-likeness (QED) is 0.109. The Morgan fingerprint density at radius 2 is 1.44 bits per heavy atom. The molecule has 15 nitrogen and oxygen atoms in total. The Kier molecular flexibility index (Phi) is 13.7. The summed E-state index contributed by atoms with van der Waals surface area (Å²) in [5, 5.41) is 9.12. The fourth-order valence-corrected chi connectivity index (χ4v) is 8.84. The second-order valence-electron chi connectivity index (χ2n) is 13.9. The number of rotatable bonds is 20. The molecule has 2 heterocycles. The van der Waals surface area contributed by atoms with E-state index in [1.165, 1.54) is 44.6 Å². The van der Waals surface area contributed by atoms with Crippen molar-refractivity contribution < 1.29 is 62.9 Å². The Morgan fingerprint density at radius 3 is 2.02 bits per heavy atom. The van der Waals surface area contributed by atoms with Crippen LogP contribution in [0.15, 0.2) is 70.1 Å². The second kappa shape index (κ2) is 17.1. The van der Waals surface area contributed by atoms with Crippen LogP contribution in [0, 0.1) is 0 Å². The van der Waals surface area contributed by atoms with E-state index in [2.05, 4.69) is 0 Å². The molecule has 2 aliphatic rings. The number of hydrogen-bond donors (Lipinski definition) is 2. The van der Waals surface area contributed by atoms with Crippen molar-refractivity contribution in [1.29, 1.82) is 0 Å². The first-order valence-corrected chi connectivity index (χ1v) is 21.8. The predicted octanol–water partition coefficient (Wildman–Crippen LogP) is 4.07. The molecule has 18 heteroatoms. The molecule has 2 unspecified atom stereocenters. The molecule has 54 heavy (non-hydrogen) atoms. The highest BCUT2D eigenvalue weighted by molar-refractivity contribution is 7.86. The second-order valence-corrected chi connectivity index (χ2v) is 18.2. The van der Waals surface area contributed by atoms with Crippen molar-refractivity contribution in [1.82, 2.24) is 0 Å². The Bertz CT molecular complexity index is 2160. The third-order valence-electron chi connectivity index (χ3n) is 10.2. The van der Waals surface area contributed by atoms with Gasteiger partial charge in [0.1, 0.15) is 26.8 Å². The van der Waals surface area contributed by atoms with Crippen LogP contribution in [0.5, 0.6) is 0 Å². The minimum Gasteiger partial charge on any atom is -0.744 e. The van der Waals surface area contributed by atoms with Crippen molar-refractivity contribution in [2.24, 2.45) is 0 Å². The van der Waals surface area contributed by atoms with Gasteiger partial charge >= 0.3 is 5.97 Å². The molecule has 298 valence electrons. The van der Waals surface area contributed by atoms with Gasteiger partial charge in [-0.05, 0) is 81.5 Å². The van der Waals surface area contributed by atoms with E-state index < -0.39 is 57.8 Å². The zero-order valence-corrected chi connectivity index (χ0v) is 33.1. The lowest BCUT2D eigenvalue weighted by molar-refractivity contribution is -0.437. The van der Waals surface area contributed by atoms with Crippen molar-refractivity contribution in [3.63, 3.8) is 0 Å². The van der Waals surface area contributed by atoms with Gasteiger partial charge < -0.3 is 28.6 Å². The molecule has 4 rings (SSSR count). The van der Waals surface area contributed by atoms with E-state index >= 15 is 0 Å². The van der Waals surface area contributed by atoms with E-state index in [1.807, 2.05) is 29.4 Å². The van der Waals surface area contributed by atoms with Crippen LogP contribution in [-0.4, -0.2) is 107 Å². The summed E-state index contributed by atoms with van der Waals surface area (Å²) in [6.45, 7) is 4.87. The lowest BCUT2D eigenvalue weighted by atomic mass is 9.76. The minimum atomic E-state index is -4.83. The van der Waals surface area contributed by atoms with Crippen molar-refractivity contribution in [2.45, 2.75) is 79.4 Å². The van der Waals surface area contributed by atoms with Crippen molar-refractivity contribution in [3.05, 3.63) is 71.5 Å². The maximum Gasteiger partial charge on any atom is 0.303 e. The first kappa shape index (κ1) is 43.2. The van der Waals surface area contributed by atoms with E-state index in [0.29, 0.717) is 66.9 Å². The molecule has 2 atom stereocenters. The van der Waals surface area contributed by atoms with Crippen LogP contribution in [0.3, 0.4) is 0 Å². The topological polar surface area (TPSA) is 231 Å². The number of allylic oxidation sites excluding steroid dienone is 4. The minimum absolute atomic E-state index is 0.0175. The first-order chi connectivity index (χ1) is 25.2. The summed E-state index contributed by atoms with van der Waals surface area (Å²) < 4.78 is 118. The average Bonchev–Trinajstić information content (AvgIpc) is 3.45. The zero-order chi connectivity index (χ0) is 40.1. The molecule has 2 aromatic rings. The highest BCUT2D eigenvalue weighted by atomic mass is 32.2. The fourth-order valence-electron chi connectivity index (χ4n) is 7.35. The van der Waals surface area contributed by atoms with E-state index in [1.54, 1.807) is 18.2 Å². The van der Waals surface area contributed by atoms with Crippen LogP contribution in [0.2, 0.25) is 0 Å². The van der Waals surface area contributed by atoms with Gasteiger partial charge in [-0.1, -0.05) is 12.5 Å². The number of carboxylic acids is 1. The van der Waals surface area contributed by atoms with Gasteiger partial charge in [-0.2, -0.15) is 13.0 Å². The number of anilines is 1. The largest absolute Gasteiger partial charge is 0.744 e. The summed E-state index contributed by atoms with van der Waals surface area (Å²) in [7, 11) is -10.9. The third kappa shape index (κ3) is 9.84. The average molecular weight is 812 g/mol. The van der Waals surface area contributed by atoms with E-state index in [9.17, 15) is 43.7 Å². The number of methoxy groups -OCH3 is 2. The Labute approximate surface area is 317 Å². The maximum absolute atomic E-state index is 12.1. The number of carboxylic acid groups (broad SMARTS) is 1. The molecule has 0 spiro atoms. The fraction of sp³-hybridized carbons (Fsp3) is 0.500. The van der Waals surface area contributed by atoms with E-state index in [4.69, 9.17) is 14.6 Å². The van der Waals surface area contributed by atoms with Gasteiger partial charge in [-0.3, -0.25) is 9.35 Å². The first-order valence-electron chi connectivity index (χ1n) is 17.3. The summed E-state index contributed by atoms with van der Waals surface area (Å²) in [5.74, 6) is -1.42. The molecule has 2 aromatic carbocycles. The zero-order valence-electron chi connectivity index (χ0n) is 30.7. The summed E-state index contributed by atoms with van der Waals surface area (Å²) in [6, 6.07) is 8.27. The van der Waals surface area contributed by atoms with Crippen LogP contribution in [-0.2, 0) is 55.5 Å². The van der Waals surface area contributed by atoms with Crippen LogP contribution in [0.1, 0.15) is 69.9 Å². The van der Waals surface area contributed by atoms with Crippen LogP contribution in [0.4, 0.5) is 11.4 Å². The van der Waals surface area contributed by atoms with Gasteiger partial charge in [-0.15, -0.1) is 0 Å². The number of unbranched alkanes of at least 4 members (excludes halogenated alkanes) is 2. The number of benzene rings is 2. The maximum atomic E-state index is 12.1. The summed E-state index contributed by atoms with van der Waals surface area (Å²) in [4.78, 5) is 12.3. The molecule has 0 bridgehead atoms. The van der Waals surface area contributed by atoms with E-state index in [0.717, 1.165) is 5.70 Å². The molecular weight excluding hydrogens is 765 g/mol. The van der Waals surface area contributed by atoms with Crippen molar-refractivity contribution >= 4 is 53.4 Å². The molecule has 0 aromatic heterocycles. The van der Waals surface area contributed by atoms with Gasteiger partial charge in [-0.25, -0.2) is 16.8 Å². The molecule has 0 saturated carbocycles. The highest BCUT2D eigenvalue weighted by Crippen LogP contribution is 2.51. The third-order valence-corrected chi connectivity index (χ3v) is 12.6. The number of ether oxygens (including phenoxy) is 2. The SMILES string of the molecule is COCCC1(C)C(=CC=CC2=[N+](CCCS(=O)(=O)O)c3ccc(S(=O)(=O)[O-])cc3C2(C)CCOC)N(CCCCCC(=O)O)c2ccc(S(=O)(=O)[O-])cc21. The van der Waals surface area contributed by atoms with Crippen molar-refractivity contribution in [2.75, 3.05) is 51.2 Å². The van der Waals surface area contributed by atoms with Gasteiger partial charge in [0.2, 0.25) is 5.69 Å². The van der Waals surface area contributed by atoms with Crippen LogP contribution < -0.4 is 4.90 Å². The monoisotopic (exact) mass is 811 g/mol. The Balaban J connectivity index is 1.90. The van der Waals surface area contributed by atoms with Gasteiger partial charge in [0.15, 0.2) is 5.71 Å². The number of fused-ring (bicyclic) bond motifs is 2. The number of aliphatic carboxylic acids is 1. The normalized spacial score (nSPS) is 21.0. The van der Waals surface area contributed by atoms with Gasteiger partial charge in [0.25, 0.3) is 10.1 Å².